The lowest BCUT2D eigenvalue weighted by molar-refractivity contribution is -0.277. The largest absolute Gasteiger partial charge is 0.462 e. The van der Waals surface area contributed by atoms with Crippen LogP contribution in [0.1, 0.15) is 10.4 Å². The minimum absolute atomic E-state index is 0.268. The average molecular weight is 299 g/mol. The lowest BCUT2D eigenvalue weighted by Gasteiger charge is -2.39. The molecule has 2 rings (SSSR count). The Morgan fingerprint density at radius 3 is 2.29 bits per heavy atom. The molecule has 116 valence electrons. The molecule has 1 saturated heterocycles. The van der Waals surface area contributed by atoms with Crippen LogP contribution in [-0.4, -0.2) is 63.6 Å². The van der Waals surface area contributed by atoms with Crippen LogP contribution in [0, 0.1) is 0 Å². The summed E-state index contributed by atoms with van der Waals surface area (Å²) in [4.78, 5) is 10.9. The van der Waals surface area contributed by atoms with Crippen LogP contribution in [0.3, 0.4) is 0 Å². The molecule has 1 aromatic carbocycles. The van der Waals surface area contributed by atoms with E-state index in [9.17, 15) is 20.1 Å². The molecule has 1 aliphatic heterocycles. The molecule has 0 radical (unpaired) electrons. The third-order valence-corrected chi connectivity index (χ3v) is 3.24. The first kappa shape index (κ1) is 15.7. The van der Waals surface area contributed by atoms with Gasteiger partial charge in [0.2, 0.25) is 12.2 Å². The number of carbonyl (C=O) groups excluding carboxylic acids is 1. The molecular weight excluding hydrogens is 282 g/mol. The summed E-state index contributed by atoms with van der Waals surface area (Å²) in [6, 6.07) is 5.76. The Kier molecular flexibility index (Phi) is 4.76. The number of hydrogen-bond acceptors (Lipinski definition) is 7. The van der Waals surface area contributed by atoms with Crippen molar-refractivity contribution in [3.63, 3.8) is 0 Å². The Morgan fingerprint density at radius 1 is 1.14 bits per heavy atom. The average Bonchev–Trinajstić information content (AvgIpc) is 2.48. The Morgan fingerprint density at radius 2 is 1.76 bits per heavy atom. The van der Waals surface area contributed by atoms with Gasteiger partial charge in [-0.15, -0.1) is 0 Å². The number of benzene rings is 1. The van der Waals surface area contributed by atoms with Gasteiger partial charge in [0.05, 0.1) is 6.61 Å². The number of ether oxygens (including phenoxy) is 2. The second-order valence-corrected chi connectivity index (χ2v) is 4.70. The van der Waals surface area contributed by atoms with Gasteiger partial charge in [-0.05, 0) is 24.3 Å². The van der Waals surface area contributed by atoms with Crippen molar-refractivity contribution in [3.8, 4) is 5.75 Å². The Labute approximate surface area is 120 Å². The summed E-state index contributed by atoms with van der Waals surface area (Å²) in [7, 11) is 0. The molecule has 6 N–H and O–H groups in total. The maximum Gasteiger partial charge on any atom is 0.248 e. The summed E-state index contributed by atoms with van der Waals surface area (Å²) in [5.74, 6) is -0.321. The maximum atomic E-state index is 10.9. The maximum absolute atomic E-state index is 10.9. The highest BCUT2D eigenvalue weighted by atomic mass is 16.7. The van der Waals surface area contributed by atoms with Gasteiger partial charge in [-0.25, -0.2) is 0 Å². The fraction of sp³-hybridized carbons (Fsp3) is 0.462. The number of amides is 1. The van der Waals surface area contributed by atoms with Gasteiger partial charge in [0.15, 0.2) is 0 Å². The van der Waals surface area contributed by atoms with Gasteiger partial charge in [0, 0.05) is 5.56 Å². The SMILES string of the molecule is NC(=O)c1ccc(O[C@@H]2OC(CO)[C@H](O)C(O)C2O)cc1. The number of aliphatic hydroxyl groups excluding tert-OH is 4. The summed E-state index contributed by atoms with van der Waals surface area (Å²) >= 11 is 0. The van der Waals surface area contributed by atoms with Crippen LogP contribution in [0.4, 0.5) is 0 Å². The Balaban J connectivity index is 2.08. The van der Waals surface area contributed by atoms with Crippen LogP contribution in [0.2, 0.25) is 0 Å². The molecule has 0 aliphatic carbocycles. The monoisotopic (exact) mass is 299 g/mol. The molecule has 1 aromatic rings. The second-order valence-electron chi connectivity index (χ2n) is 4.70. The standard InChI is InChI=1S/C13H17NO7/c14-12(19)6-1-3-7(4-2-6)20-13-11(18)10(17)9(16)8(5-15)21-13/h1-4,8-11,13,15-18H,5H2,(H2,14,19)/t8?,9-,10?,11?,13+/m0/s1. The van der Waals surface area contributed by atoms with E-state index in [-0.39, 0.29) is 11.3 Å². The third kappa shape index (κ3) is 3.31. The van der Waals surface area contributed by atoms with E-state index in [4.69, 9.17) is 20.3 Å². The third-order valence-electron chi connectivity index (χ3n) is 3.24. The van der Waals surface area contributed by atoms with Crippen LogP contribution in [0.15, 0.2) is 24.3 Å². The molecule has 21 heavy (non-hydrogen) atoms. The second kappa shape index (κ2) is 6.37. The molecule has 0 aromatic heterocycles. The minimum atomic E-state index is -1.51. The molecule has 1 fully saturated rings. The van der Waals surface area contributed by atoms with Crippen molar-refractivity contribution in [1.82, 2.24) is 0 Å². The first-order valence-electron chi connectivity index (χ1n) is 6.31. The number of rotatable bonds is 4. The Hall–Kier alpha value is -1.71. The van der Waals surface area contributed by atoms with E-state index in [1.807, 2.05) is 0 Å². The smallest absolute Gasteiger partial charge is 0.248 e. The molecular formula is C13H17NO7. The van der Waals surface area contributed by atoms with Crippen molar-refractivity contribution < 1.29 is 34.7 Å². The zero-order valence-electron chi connectivity index (χ0n) is 11.0. The van der Waals surface area contributed by atoms with Crippen molar-refractivity contribution in [3.05, 3.63) is 29.8 Å². The molecule has 5 atom stereocenters. The van der Waals surface area contributed by atoms with Gasteiger partial charge in [0.1, 0.15) is 30.2 Å². The lowest BCUT2D eigenvalue weighted by Crippen LogP contribution is -2.60. The highest BCUT2D eigenvalue weighted by Gasteiger charge is 2.44. The molecule has 3 unspecified atom stereocenters. The number of carbonyl (C=O) groups is 1. The van der Waals surface area contributed by atoms with Gasteiger partial charge in [-0.3, -0.25) is 4.79 Å². The highest BCUT2D eigenvalue weighted by molar-refractivity contribution is 5.92. The van der Waals surface area contributed by atoms with Crippen molar-refractivity contribution in [2.24, 2.45) is 5.73 Å². The fourth-order valence-electron chi connectivity index (χ4n) is 2.00. The molecule has 0 bridgehead atoms. The van der Waals surface area contributed by atoms with Crippen molar-refractivity contribution in [1.29, 1.82) is 0 Å². The summed E-state index contributed by atoms with van der Waals surface area (Å²) in [6.45, 7) is -0.536. The summed E-state index contributed by atoms with van der Waals surface area (Å²) in [5.41, 5.74) is 5.39. The van der Waals surface area contributed by atoms with Crippen LogP contribution < -0.4 is 10.5 Å². The number of hydrogen-bond donors (Lipinski definition) is 5. The predicted octanol–water partition coefficient (Wildman–Crippen LogP) is -2.04. The van der Waals surface area contributed by atoms with Crippen molar-refractivity contribution >= 4 is 5.91 Å². The molecule has 0 spiro atoms. The first-order valence-corrected chi connectivity index (χ1v) is 6.31. The van der Waals surface area contributed by atoms with Gasteiger partial charge >= 0.3 is 0 Å². The minimum Gasteiger partial charge on any atom is -0.462 e. The summed E-state index contributed by atoms with van der Waals surface area (Å²) in [6.07, 6.45) is -6.75. The van der Waals surface area contributed by atoms with E-state index in [2.05, 4.69) is 0 Å². The summed E-state index contributed by atoms with van der Waals surface area (Å²) < 4.78 is 10.5. The normalized spacial score (nSPS) is 32.7. The Bertz CT molecular complexity index is 490. The van der Waals surface area contributed by atoms with Gasteiger partial charge in [-0.1, -0.05) is 0 Å². The van der Waals surface area contributed by atoms with Crippen LogP contribution in [0.5, 0.6) is 5.75 Å². The van der Waals surface area contributed by atoms with Crippen LogP contribution in [-0.2, 0) is 4.74 Å². The van der Waals surface area contributed by atoms with Crippen molar-refractivity contribution in [2.45, 2.75) is 30.7 Å². The van der Waals surface area contributed by atoms with Gasteiger partial charge in [-0.2, -0.15) is 0 Å². The van der Waals surface area contributed by atoms with Crippen LogP contribution >= 0.6 is 0 Å². The molecule has 1 aliphatic rings. The van der Waals surface area contributed by atoms with Gasteiger partial charge < -0.3 is 35.6 Å². The topological polar surface area (TPSA) is 142 Å². The number of primary amides is 1. The number of nitrogens with two attached hydrogens (primary N) is 1. The van der Waals surface area contributed by atoms with Crippen molar-refractivity contribution in [2.75, 3.05) is 6.61 Å². The van der Waals surface area contributed by atoms with E-state index in [0.29, 0.717) is 0 Å². The highest BCUT2D eigenvalue weighted by Crippen LogP contribution is 2.24. The fourth-order valence-corrected chi connectivity index (χ4v) is 2.00. The van der Waals surface area contributed by atoms with E-state index >= 15 is 0 Å². The van der Waals surface area contributed by atoms with E-state index in [0.717, 1.165) is 0 Å². The zero-order valence-corrected chi connectivity index (χ0v) is 11.0. The van der Waals surface area contributed by atoms with E-state index < -0.39 is 43.2 Å². The molecule has 1 heterocycles. The van der Waals surface area contributed by atoms with Crippen LogP contribution in [0.25, 0.3) is 0 Å². The lowest BCUT2D eigenvalue weighted by atomic mass is 9.99. The molecule has 1 amide bonds. The molecule has 8 heteroatoms. The summed E-state index contributed by atoms with van der Waals surface area (Å²) in [5, 5.41) is 38.1. The predicted molar refractivity (Wildman–Crippen MR) is 69.4 cm³/mol. The van der Waals surface area contributed by atoms with Gasteiger partial charge in [0.25, 0.3) is 0 Å². The number of aliphatic hydroxyl groups is 4. The molecule has 0 saturated carbocycles. The van der Waals surface area contributed by atoms with E-state index in [1.165, 1.54) is 24.3 Å². The quantitative estimate of drug-likeness (QED) is 0.431. The van der Waals surface area contributed by atoms with E-state index in [1.54, 1.807) is 0 Å². The first-order chi connectivity index (χ1) is 9.93. The molecule has 8 nitrogen and oxygen atoms in total. The zero-order chi connectivity index (χ0) is 15.6.